The van der Waals surface area contributed by atoms with Crippen LogP contribution in [0.15, 0.2) is 28.4 Å². The van der Waals surface area contributed by atoms with Crippen molar-refractivity contribution in [2.45, 2.75) is 46.2 Å². The summed E-state index contributed by atoms with van der Waals surface area (Å²) in [5, 5.41) is 1.99. The standard InChI is InChI=1S/C16H22N2OS/c1-4-5-8-18-12(3)10-11(2)14(16(18)19)15(17)13-7-6-9-20-13/h6-7,9-10,15H,4-5,8,17H2,1-3H3. The summed E-state index contributed by atoms with van der Waals surface area (Å²) in [7, 11) is 0. The highest BCUT2D eigenvalue weighted by Gasteiger charge is 2.18. The van der Waals surface area contributed by atoms with E-state index >= 15 is 0 Å². The first-order valence-electron chi connectivity index (χ1n) is 7.06. The fourth-order valence-electron chi connectivity index (χ4n) is 2.53. The normalized spacial score (nSPS) is 12.6. The summed E-state index contributed by atoms with van der Waals surface area (Å²) >= 11 is 1.60. The van der Waals surface area contributed by atoms with Crippen LogP contribution in [0, 0.1) is 13.8 Å². The largest absolute Gasteiger partial charge is 0.319 e. The summed E-state index contributed by atoms with van der Waals surface area (Å²) in [4.78, 5) is 13.8. The smallest absolute Gasteiger partial charge is 0.256 e. The monoisotopic (exact) mass is 290 g/mol. The maximum atomic E-state index is 12.7. The van der Waals surface area contributed by atoms with E-state index in [1.165, 1.54) is 0 Å². The van der Waals surface area contributed by atoms with Crippen LogP contribution in [0.4, 0.5) is 0 Å². The molecule has 2 rings (SSSR count). The Kier molecular flexibility index (Phi) is 4.78. The van der Waals surface area contributed by atoms with Crippen LogP contribution in [-0.2, 0) is 6.54 Å². The summed E-state index contributed by atoms with van der Waals surface area (Å²) in [6.45, 7) is 6.87. The van der Waals surface area contributed by atoms with Crippen molar-refractivity contribution >= 4 is 11.3 Å². The third-order valence-electron chi connectivity index (χ3n) is 3.65. The van der Waals surface area contributed by atoms with Crippen molar-refractivity contribution in [3.05, 3.63) is 55.6 Å². The minimum absolute atomic E-state index is 0.0665. The molecule has 1 atom stereocenters. The van der Waals surface area contributed by atoms with Gasteiger partial charge in [-0.15, -0.1) is 11.3 Å². The molecule has 0 radical (unpaired) electrons. The van der Waals surface area contributed by atoms with Gasteiger partial charge in [0, 0.05) is 22.7 Å². The molecule has 2 N–H and O–H groups in total. The first kappa shape index (κ1) is 15.0. The van der Waals surface area contributed by atoms with Crippen LogP contribution < -0.4 is 11.3 Å². The molecule has 0 spiro atoms. The topological polar surface area (TPSA) is 48.0 Å². The third-order valence-corrected chi connectivity index (χ3v) is 4.60. The number of nitrogens with two attached hydrogens (primary N) is 1. The summed E-state index contributed by atoms with van der Waals surface area (Å²) in [6, 6.07) is 5.71. The Hall–Kier alpha value is -1.39. The highest BCUT2D eigenvalue weighted by atomic mass is 32.1. The number of hydrogen-bond acceptors (Lipinski definition) is 3. The molecule has 1 unspecified atom stereocenters. The lowest BCUT2D eigenvalue weighted by molar-refractivity contribution is 0.589. The van der Waals surface area contributed by atoms with Gasteiger partial charge in [0.25, 0.3) is 5.56 Å². The molecule has 0 aliphatic heterocycles. The second-order valence-corrected chi connectivity index (χ2v) is 6.17. The molecule has 0 amide bonds. The van der Waals surface area contributed by atoms with Gasteiger partial charge in [0.1, 0.15) is 0 Å². The van der Waals surface area contributed by atoms with Crippen molar-refractivity contribution < 1.29 is 0 Å². The number of thiophene rings is 1. The van der Waals surface area contributed by atoms with Gasteiger partial charge in [-0.25, -0.2) is 0 Å². The number of nitrogens with zero attached hydrogens (tertiary/aromatic N) is 1. The van der Waals surface area contributed by atoms with Crippen LogP contribution in [0.2, 0.25) is 0 Å². The fourth-order valence-corrected chi connectivity index (χ4v) is 3.26. The molecule has 0 fully saturated rings. The van der Waals surface area contributed by atoms with E-state index in [2.05, 4.69) is 13.0 Å². The predicted octanol–water partition coefficient (Wildman–Crippen LogP) is 3.37. The molecule has 2 aromatic heterocycles. The van der Waals surface area contributed by atoms with Crippen molar-refractivity contribution in [3.63, 3.8) is 0 Å². The lowest BCUT2D eigenvalue weighted by atomic mass is 10.0. The molecule has 4 heteroatoms. The fraction of sp³-hybridized carbons (Fsp3) is 0.438. The van der Waals surface area contributed by atoms with Gasteiger partial charge in [-0.05, 0) is 43.3 Å². The zero-order valence-electron chi connectivity index (χ0n) is 12.3. The Morgan fingerprint density at radius 2 is 2.15 bits per heavy atom. The second-order valence-electron chi connectivity index (χ2n) is 5.19. The first-order chi connectivity index (χ1) is 9.56. The van der Waals surface area contributed by atoms with E-state index in [1.807, 2.05) is 35.9 Å². The quantitative estimate of drug-likeness (QED) is 0.917. The molecule has 0 saturated carbocycles. The molecule has 0 aromatic carbocycles. The summed E-state index contributed by atoms with van der Waals surface area (Å²) in [6.07, 6.45) is 2.09. The van der Waals surface area contributed by atoms with Crippen LogP contribution in [0.3, 0.4) is 0 Å². The Labute approximate surface area is 124 Å². The van der Waals surface area contributed by atoms with Gasteiger partial charge in [-0.3, -0.25) is 4.79 Å². The lowest BCUT2D eigenvalue weighted by Gasteiger charge is -2.17. The molecule has 20 heavy (non-hydrogen) atoms. The Morgan fingerprint density at radius 1 is 1.40 bits per heavy atom. The third kappa shape index (κ3) is 2.86. The first-order valence-corrected chi connectivity index (χ1v) is 7.94. The minimum Gasteiger partial charge on any atom is -0.319 e. The van der Waals surface area contributed by atoms with Gasteiger partial charge in [-0.1, -0.05) is 19.4 Å². The summed E-state index contributed by atoms with van der Waals surface area (Å²) in [5.41, 5.74) is 9.11. The molecule has 3 nitrogen and oxygen atoms in total. The van der Waals surface area contributed by atoms with Crippen molar-refractivity contribution in [1.82, 2.24) is 4.57 Å². The SMILES string of the molecule is CCCCn1c(C)cc(C)c(C(N)c2cccs2)c1=O. The van der Waals surface area contributed by atoms with E-state index < -0.39 is 0 Å². The van der Waals surface area contributed by atoms with Crippen LogP contribution in [0.1, 0.15) is 47.5 Å². The van der Waals surface area contributed by atoms with Crippen molar-refractivity contribution in [1.29, 1.82) is 0 Å². The number of rotatable bonds is 5. The predicted molar refractivity (Wildman–Crippen MR) is 85.4 cm³/mol. The molecule has 0 aliphatic carbocycles. The maximum absolute atomic E-state index is 12.7. The summed E-state index contributed by atoms with van der Waals surface area (Å²) < 4.78 is 1.86. The van der Waals surface area contributed by atoms with Gasteiger partial charge in [0.2, 0.25) is 0 Å². The Morgan fingerprint density at radius 3 is 2.75 bits per heavy atom. The molecule has 2 heterocycles. The second kappa shape index (κ2) is 6.37. The molecule has 108 valence electrons. The van der Waals surface area contributed by atoms with Gasteiger partial charge in [0.15, 0.2) is 0 Å². The Balaban J connectivity index is 2.50. The number of pyridine rings is 1. The average Bonchev–Trinajstić information content (AvgIpc) is 2.91. The number of aromatic nitrogens is 1. The van der Waals surface area contributed by atoms with Crippen molar-refractivity contribution in [2.75, 3.05) is 0 Å². The van der Waals surface area contributed by atoms with E-state index in [0.717, 1.165) is 41.1 Å². The van der Waals surface area contributed by atoms with E-state index in [-0.39, 0.29) is 11.6 Å². The van der Waals surface area contributed by atoms with Crippen LogP contribution >= 0.6 is 11.3 Å². The number of aryl methyl sites for hydroxylation is 2. The van der Waals surface area contributed by atoms with Gasteiger partial charge in [-0.2, -0.15) is 0 Å². The van der Waals surface area contributed by atoms with Gasteiger partial charge < -0.3 is 10.3 Å². The molecule has 0 bridgehead atoms. The minimum atomic E-state index is -0.323. The average molecular weight is 290 g/mol. The van der Waals surface area contributed by atoms with E-state index in [4.69, 9.17) is 5.73 Å². The Bertz CT molecular complexity index is 629. The maximum Gasteiger partial charge on any atom is 0.256 e. The lowest BCUT2D eigenvalue weighted by Crippen LogP contribution is -2.31. The zero-order valence-corrected chi connectivity index (χ0v) is 13.2. The van der Waals surface area contributed by atoms with Crippen LogP contribution in [0.25, 0.3) is 0 Å². The molecule has 2 aromatic rings. The van der Waals surface area contributed by atoms with Crippen LogP contribution in [0.5, 0.6) is 0 Å². The number of hydrogen-bond donors (Lipinski definition) is 1. The van der Waals surface area contributed by atoms with E-state index in [9.17, 15) is 4.79 Å². The van der Waals surface area contributed by atoms with Gasteiger partial charge >= 0.3 is 0 Å². The molecule has 0 aliphatic rings. The van der Waals surface area contributed by atoms with Crippen molar-refractivity contribution in [3.8, 4) is 0 Å². The van der Waals surface area contributed by atoms with Crippen LogP contribution in [-0.4, -0.2) is 4.57 Å². The zero-order chi connectivity index (χ0) is 14.7. The van der Waals surface area contributed by atoms with E-state index in [0.29, 0.717) is 0 Å². The van der Waals surface area contributed by atoms with Gasteiger partial charge in [0.05, 0.1) is 6.04 Å². The molecular formula is C16H22N2OS. The highest BCUT2D eigenvalue weighted by molar-refractivity contribution is 7.10. The number of unbranched alkanes of at least 4 members (excludes halogenated alkanes) is 1. The molecular weight excluding hydrogens is 268 g/mol. The van der Waals surface area contributed by atoms with E-state index in [1.54, 1.807) is 11.3 Å². The molecule has 0 saturated heterocycles. The highest BCUT2D eigenvalue weighted by Crippen LogP contribution is 2.24. The van der Waals surface area contributed by atoms with Crippen molar-refractivity contribution in [2.24, 2.45) is 5.73 Å². The summed E-state index contributed by atoms with van der Waals surface area (Å²) in [5.74, 6) is 0.